The summed E-state index contributed by atoms with van der Waals surface area (Å²) in [5, 5.41) is 12.1. The molecule has 1 amide bonds. The molecule has 0 aromatic heterocycles. The molecule has 4 N–H and O–H groups in total. The molecular weight excluding hydrogens is 290 g/mol. The number of nitrogens with one attached hydrogen (secondary N) is 1. The SMILES string of the molecule is CC(N)C(C)C(=O)Nc1cccc(CN2CCC(CO)CC2)c1. The molecule has 0 bridgehead atoms. The van der Waals surface area contributed by atoms with Gasteiger partial charge < -0.3 is 16.2 Å². The van der Waals surface area contributed by atoms with Crippen LogP contribution in [0, 0.1) is 11.8 Å². The average molecular weight is 319 g/mol. The molecule has 1 aromatic rings. The second-order valence-electron chi connectivity index (χ2n) is 6.74. The summed E-state index contributed by atoms with van der Waals surface area (Å²) >= 11 is 0. The summed E-state index contributed by atoms with van der Waals surface area (Å²) in [5.74, 6) is 0.202. The summed E-state index contributed by atoms with van der Waals surface area (Å²) in [4.78, 5) is 14.5. The molecule has 1 fully saturated rings. The fourth-order valence-electron chi connectivity index (χ4n) is 2.83. The number of aliphatic hydroxyl groups is 1. The molecule has 0 saturated carbocycles. The summed E-state index contributed by atoms with van der Waals surface area (Å²) < 4.78 is 0. The molecule has 2 unspecified atom stereocenters. The fraction of sp³-hybridized carbons (Fsp3) is 0.611. The fourth-order valence-corrected chi connectivity index (χ4v) is 2.83. The lowest BCUT2D eigenvalue weighted by Gasteiger charge is -2.31. The zero-order valence-electron chi connectivity index (χ0n) is 14.2. The second-order valence-corrected chi connectivity index (χ2v) is 6.74. The molecule has 2 atom stereocenters. The number of likely N-dealkylation sites (tertiary alicyclic amines) is 1. The summed E-state index contributed by atoms with van der Waals surface area (Å²) in [6, 6.07) is 7.84. The van der Waals surface area contributed by atoms with Crippen LogP contribution in [0.25, 0.3) is 0 Å². The number of aliphatic hydroxyl groups excluding tert-OH is 1. The molecule has 23 heavy (non-hydrogen) atoms. The van der Waals surface area contributed by atoms with Gasteiger partial charge in [-0.3, -0.25) is 9.69 Å². The molecule has 1 heterocycles. The van der Waals surface area contributed by atoms with Crippen molar-refractivity contribution in [2.75, 3.05) is 25.0 Å². The van der Waals surface area contributed by atoms with E-state index in [2.05, 4.69) is 16.3 Å². The first-order valence-corrected chi connectivity index (χ1v) is 8.48. The van der Waals surface area contributed by atoms with Crippen LogP contribution in [0.1, 0.15) is 32.3 Å². The first-order valence-electron chi connectivity index (χ1n) is 8.48. The van der Waals surface area contributed by atoms with Crippen molar-refractivity contribution in [2.45, 2.75) is 39.3 Å². The lowest BCUT2D eigenvalue weighted by Crippen LogP contribution is -2.34. The number of carbonyl (C=O) groups is 1. The molecule has 2 rings (SSSR count). The molecule has 0 radical (unpaired) electrons. The minimum atomic E-state index is -0.212. The van der Waals surface area contributed by atoms with Gasteiger partial charge in [0.15, 0.2) is 0 Å². The highest BCUT2D eigenvalue weighted by Crippen LogP contribution is 2.20. The molecule has 128 valence electrons. The molecule has 1 aliphatic rings. The van der Waals surface area contributed by atoms with Gasteiger partial charge in [-0.1, -0.05) is 19.1 Å². The predicted octanol–water partition coefficient (Wildman–Crippen LogP) is 1.81. The minimum absolute atomic E-state index is 0.0408. The highest BCUT2D eigenvalue weighted by molar-refractivity contribution is 5.92. The van der Waals surface area contributed by atoms with E-state index in [0.29, 0.717) is 12.5 Å². The Morgan fingerprint density at radius 3 is 2.70 bits per heavy atom. The molecule has 1 saturated heterocycles. The van der Waals surface area contributed by atoms with Gasteiger partial charge in [0.1, 0.15) is 0 Å². The Bertz CT molecular complexity index is 511. The Morgan fingerprint density at radius 1 is 1.39 bits per heavy atom. The Balaban J connectivity index is 1.91. The van der Waals surface area contributed by atoms with E-state index in [4.69, 9.17) is 5.73 Å². The molecule has 5 nitrogen and oxygen atoms in total. The standard InChI is InChI=1S/C18H29N3O2/c1-13(14(2)19)18(23)20-17-5-3-4-16(10-17)11-21-8-6-15(12-22)7-9-21/h3-5,10,13-15,22H,6-9,11-12,19H2,1-2H3,(H,20,23). The predicted molar refractivity (Wildman–Crippen MR) is 93.0 cm³/mol. The maximum atomic E-state index is 12.1. The van der Waals surface area contributed by atoms with Gasteiger partial charge in [0.2, 0.25) is 5.91 Å². The van der Waals surface area contributed by atoms with Crippen LogP contribution < -0.4 is 11.1 Å². The normalized spacial score (nSPS) is 19.3. The molecule has 5 heteroatoms. The smallest absolute Gasteiger partial charge is 0.228 e. The number of amides is 1. The van der Waals surface area contributed by atoms with Gasteiger partial charge in [0.05, 0.1) is 5.92 Å². The Hall–Kier alpha value is -1.43. The average Bonchev–Trinajstić information content (AvgIpc) is 2.55. The van der Waals surface area contributed by atoms with Crippen molar-refractivity contribution in [3.8, 4) is 0 Å². The van der Waals surface area contributed by atoms with Gasteiger partial charge in [-0.15, -0.1) is 0 Å². The summed E-state index contributed by atoms with van der Waals surface area (Å²) in [6.45, 7) is 6.90. The van der Waals surface area contributed by atoms with Gasteiger partial charge in [0.25, 0.3) is 0 Å². The number of piperidine rings is 1. The molecular formula is C18H29N3O2. The zero-order valence-corrected chi connectivity index (χ0v) is 14.2. The van der Waals surface area contributed by atoms with Crippen LogP contribution >= 0.6 is 0 Å². The first kappa shape index (κ1) is 17.9. The molecule has 1 aliphatic heterocycles. The van der Waals surface area contributed by atoms with Crippen molar-refractivity contribution in [1.82, 2.24) is 4.90 Å². The Morgan fingerprint density at radius 2 is 2.09 bits per heavy atom. The highest BCUT2D eigenvalue weighted by Gasteiger charge is 2.19. The van der Waals surface area contributed by atoms with E-state index >= 15 is 0 Å². The third-order valence-corrected chi connectivity index (χ3v) is 4.77. The number of hydrogen-bond acceptors (Lipinski definition) is 4. The van der Waals surface area contributed by atoms with Crippen LogP contribution in [0.2, 0.25) is 0 Å². The topological polar surface area (TPSA) is 78.6 Å². The van der Waals surface area contributed by atoms with Crippen molar-refractivity contribution in [3.63, 3.8) is 0 Å². The highest BCUT2D eigenvalue weighted by atomic mass is 16.3. The number of hydrogen-bond donors (Lipinski definition) is 3. The minimum Gasteiger partial charge on any atom is -0.396 e. The van der Waals surface area contributed by atoms with Crippen LogP contribution in [0.15, 0.2) is 24.3 Å². The number of rotatable bonds is 6. The van der Waals surface area contributed by atoms with Crippen LogP contribution in [0.4, 0.5) is 5.69 Å². The van der Waals surface area contributed by atoms with Crippen molar-refractivity contribution in [1.29, 1.82) is 0 Å². The second kappa shape index (κ2) is 8.43. The number of anilines is 1. The number of nitrogens with zero attached hydrogens (tertiary/aromatic N) is 1. The van der Waals surface area contributed by atoms with Crippen LogP contribution in [0.5, 0.6) is 0 Å². The zero-order chi connectivity index (χ0) is 16.8. The number of benzene rings is 1. The maximum absolute atomic E-state index is 12.1. The summed E-state index contributed by atoms with van der Waals surface area (Å²) in [7, 11) is 0. The van der Waals surface area contributed by atoms with Crippen LogP contribution in [-0.2, 0) is 11.3 Å². The van der Waals surface area contributed by atoms with E-state index in [0.717, 1.165) is 38.2 Å². The molecule has 1 aromatic carbocycles. The molecule has 0 aliphatic carbocycles. The van der Waals surface area contributed by atoms with Crippen molar-refractivity contribution in [3.05, 3.63) is 29.8 Å². The molecule has 0 spiro atoms. The van der Waals surface area contributed by atoms with E-state index < -0.39 is 0 Å². The van der Waals surface area contributed by atoms with E-state index in [1.54, 1.807) is 0 Å². The lowest BCUT2D eigenvalue weighted by molar-refractivity contribution is -0.119. The van der Waals surface area contributed by atoms with Crippen molar-refractivity contribution < 1.29 is 9.90 Å². The Labute approximate surface area is 138 Å². The number of nitrogens with two attached hydrogens (primary N) is 1. The van der Waals surface area contributed by atoms with E-state index in [-0.39, 0.29) is 17.9 Å². The third-order valence-electron chi connectivity index (χ3n) is 4.77. The van der Waals surface area contributed by atoms with E-state index in [1.807, 2.05) is 32.0 Å². The van der Waals surface area contributed by atoms with Crippen LogP contribution in [-0.4, -0.2) is 41.7 Å². The van der Waals surface area contributed by atoms with Crippen molar-refractivity contribution in [2.24, 2.45) is 17.6 Å². The first-order chi connectivity index (χ1) is 11.0. The van der Waals surface area contributed by atoms with Crippen molar-refractivity contribution >= 4 is 11.6 Å². The summed E-state index contributed by atoms with van der Waals surface area (Å²) in [5.41, 5.74) is 7.80. The van der Waals surface area contributed by atoms with E-state index in [1.165, 1.54) is 5.56 Å². The van der Waals surface area contributed by atoms with Gasteiger partial charge in [-0.05, 0) is 56.5 Å². The third kappa shape index (κ3) is 5.30. The quantitative estimate of drug-likeness (QED) is 0.747. The van der Waals surface area contributed by atoms with Gasteiger partial charge in [0, 0.05) is 24.9 Å². The monoisotopic (exact) mass is 319 g/mol. The van der Waals surface area contributed by atoms with Gasteiger partial charge >= 0.3 is 0 Å². The van der Waals surface area contributed by atoms with Gasteiger partial charge in [-0.2, -0.15) is 0 Å². The Kier molecular flexibility index (Phi) is 6.57. The largest absolute Gasteiger partial charge is 0.396 e. The van der Waals surface area contributed by atoms with E-state index in [9.17, 15) is 9.90 Å². The maximum Gasteiger partial charge on any atom is 0.228 e. The lowest BCUT2D eigenvalue weighted by atomic mass is 9.97. The van der Waals surface area contributed by atoms with Crippen LogP contribution in [0.3, 0.4) is 0 Å². The summed E-state index contributed by atoms with van der Waals surface area (Å²) in [6.07, 6.45) is 2.11. The van der Waals surface area contributed by atoms with Gasteiger partial charge in [-0.25, -0.2) is 0 Å². The number of carbonyl (C=O) groups excluding carboxylic acids is 1.